The second-order valence-electron chi connectivity index (χ2n) is 4.85. The number of rotatable bonds is 3. The van der Waals surface area contributed by atoms with Crippen molar-refractivity contribution in [2.75, 3.05) is 0 Å². The number of nitrogens with two attached hydrogens (primary N) is 2. The molecular formula is C16H14ClN3O2. The summed E-state index contributed by atoms with van der Waals surface area (Å²) < 4.78 is 5.81. The number of para-hydroxylation sites is 1. The maximum atomic E-state index is 10.1. The van der Waals surface area contributed by atoms with Gasteiger partial charge in [0.25, 0.3) is 0 Å². The van der Waals surface area contributed by atoms with E-state index in [1.807, 2.05) is 30.3 Å². The van der Waals surface area contributed by atoms with Crippen LogP contribution in [-0.2, 0) is 0 Å². The molecule has 112 valence electrons. The molecular weight excluding hydrogens is 302 g/mol. The summed E-state index contributed by atoms with van der Waals surface area (Å²) in [5, 5.41) is 11.5. The van der Waals surface area contributed by atoms with E-state index >= 15 is 0 Å². The zero-order valence-electron chi connectivity index (χ0n) is 11.5. The number of hydrogen-bond donors (Lipinski definition) is 3. The lowest BCUT2D eigenvalue weighted by Crippen LogP contribution is -2.24. The third-order valence-corrected chi connectivity index (χ3v) is 3.51. The van der Waals surface area contributed by atoms with Crippen LogP contribution >= 0.6 is 11.6 Å². The number of furan rings is 1. The minimum atomic E-state index is -0.670. The molecule has 22 heavy (non-hydrogen) atoms. The molecule has 1 aromatic heterocycles. The smallest absolute Gasteiger partial charge is 0.186 e. The van der Waals surface area contributed by atoms with E-state index < -0.39 is 6.04 Å². The molecule has 3 aromatic rings. The molecule has 0 aliphatic rings. The number of guanidine groups is 1. The van der Waals surface area contributed by atoms with E-state index in [-0.39, 0.29) is 11.7 Å². The Balaban J connectivity index is 2.18. The first kappa shape index (κ1) is 14.3. The number of hydrogen-bond acceptors (Lipinski definition) is 3. The van der Waals surface area contributed by atoms with Crippen molar-refractivity contribution in [2.45, 2.75) is 6.04 Å². The molecule has 0 spiro atoms. The largest absolute Gasteiger partial charge is 0.508 e. The first-order valence-electron chi connectivity index (χ1n) is 6.60. The average molecular weight is 316 g/mol. The monoisotopic (exact) mass is 315 g/mol. The summed E-state index contributed by atoms with van der Waals surface area (Å²) in [5.41, 5.74) is 12.2. The van der Waals surface area contributed by atoms with E-state index in [0.29, 0.717) is 16.3 Å². The van der Waals surface area contributed by atoms with Gasteiger partial charge in [0.15, 0.2) is 5.96 Å². The lowest BCUT2D eigenvalue weighted by atomic mass is 10.0. The van der Waals surface area contributed by atoms with Gasteiger partial charge in [0.05, 0.1) is 0 Å². The number of fused-ring (bicyclic) bond motifs is 1. The van der Waals surface area contributed by atoms with Crippen molar-refractivity contribution in [1.82, 2.24) is 0 Å². The Morgan fingerprint density at radius 1 is 1.14 bits per heavy atom. The van der Waals surface area contributed by atoms with Crippen molar-refractivity contribution < 1.29 is 9.52 Å². The van der Waals surface area contributed by atoms with Gasteiger partial charge in [-0.1, -0.05) is 29.8 Å². The fourth-order valence-electron chi connectivity index (χ4n) is 2.32. The van der Waals surface area contributed by atoms with Crippen molar-refractivity contribution >= 4 is 28.5 Å². The molecule has 0 aliphatic heterocycles. The molecule has 5 N–H and O–H groups in total. The second kappa shape index (κ2) is 5.61. The number of aliphatic imine (C=N–C) groups is 1. The number of benzene rings is 2. The van der Waals surface area contributed by atoms with Gasteiger partial charge in [-0.25, -0.2) is 4.99 Å². The van der Waals surface area contributed by atoms with Crippen LogP contribution in [0.5, 0.6) is 5.75 Å². The predicted octanol–water partition coefficient (Wildman–Crippen LogP) is 3.15. The van der Waals surface area contributed by atoms with Crippen molar-refractivity contribution in [1.29, 1.82) is 0 Å². The highest BCUT2D eigenvalue weighted by atomic mass is 35.5. The van der Waals surface area contributed by atoms with E-state index in [0.717, 1.165) is 11.0 Å². The third-order valence-electron chi connectivity index (χ3n) is 3.28. The van der Waals surface area contributed by atoms with E-state index in [2.05, 4.69) is 4.99 Å². The summed E-state index contributed by atoms with van der Waals surface area (Å²) in [6.07, 6.45) is 0. The Hall–Kier alpha value is -2.66. The molecule has 5 nitrogen and oxygen atoms in total. The Morgan fingerprint density at radius 2 is 1.91 bits per heavy atom. The van der Waals surface area contributed by atoms with Crippen LogP contribution in [0.2, 0.25) is 5.02 Å². The molecule has 0 saturated heterocycles. The summed E-state index contributed by atoms with van der Waals surface area (Å²) in [6, 6.07) is 13.4. The number of phenolic OH excluding ortho intramolecular Hbond substituents is 1. The van der Waals surface area contributed by atoms with Crippen molar-refractivity contribution in [3.05, 3.63) is 64.9 Å². The van der Waals surface area contributed by atoms with Gasteiger partial charge >= 0.3 is 0 Å². The Bertz CT molecular complexity index is 820. The zero-order chi connectivity index (χ0) is 15.7. The molecule has 1 heterocycles. The molecule has 0 saturated carbocycles. The van der Waals surface area contributed by atoms with Crippen LogP contribution in [0.4, 0.5) is 0 Å². The third kappa shape index (κ3) is 2.71. The molecule has 0 aliphatic carbocycles. The van der Waals surface area contributed by atoms with Crippen LogP contribution in [-0.4, -0.2) is 11.1 Å². The normalized spacial score (nSPS) is 12.2. The van der Waals surface area contributed by atoms with Gasteiger partial charge in [-0.15, -0.1) is 0 Å². The summed E-state index contributed by atoms with van der Waals surface area (Å²) in [5.74, 6) is 0.455. The van der Waals surface area contributed by atoms with E-state index in [4.69, 9.17) is 27.5 Å². The fourth-order valence-corrected chi connectivity index (χ4v) is 2.50. The maximum Gasteiger partial charge on any atom is 0.186 e. The van der Waals surface area contributed by atoms with Gasteiger partial charge in [0, 0.05) is 16.0 Å². The molecule has 1 atom stereocenters. The molecule has 3 rings (SSSR count). The van der Waals surface area contributed by atoms with Gasteiger partial charge in [-0.3, -0.25) is 0 Å². The molecule has 2 aromatic carbocycles. The lowest BCUT2D eigenvalue weighted by Gasteiger charge is -2.13. The summed E-state index contributed by atoms with van der Waals surface area (Å²) in [7, 11) is 0. The van der Waals surface area contributed by atoms with Gasteiger partial charge < -0.3 is 21.0 Å². The lowest BCUT2D eigenvalue weighted by molar-refractivity contribution is 0.456. The number of halogens is 1. The quantitative estimate of drug-likeness (QED) is 0.511. The van der Waals surface area contributed by atoms with Crippen molar-refractivity contribution in [3.8, 4) is 5.75 Å². The number of aromatic hydroxyl groups is 1. The minimum absolute atomic E-state index is 0.0415. The van der Waals surface area contributed by atoms with Crippen molar-refractivity contribution in [2.24, 2.45) is 16.5 Å². The Labute approximate surface area is 131 Å². The second-order valence-corrected chi connectivity index (χ2v) is 5.28. The Morgan fingerprint density at radius 3 is 2.64 bits per heavy atom. The summed E-state index contributed by atoms with van der Waals surface area (Å²) in [6.45, 7) is 0. The van der Waals surface area contributed by atoms with Crippen LogP contribution in [0.25, 0.3) is 11.0 Å². The van der Waals surface area contributed by atoms with Crippen LogP contribution in [0.3, 0.4) is 0 Å². The minimum Gasteiger partial charge on any atom is -0.508 e. The fraction of sp³-hybridized carbons (Fsp3) is 0.0625. The highest BCUT2D eigenvalue weighted by Gasteiger charge is 2.21. The zero-order valence-corrected chi connectivity index (χ0v) is 12.3. The summed E-state index contributed by atoms with van der Waals surface area (Å²) in [4.78, 5) is 4.17. The molecule has 0 fully saturated rings. The molecule has 0 bridgehead atoms. The molecule has 1 unspecified atom stereocenters. The topological polar surface area (TPSA) is 97.8 Å². The van der Waals surface area contributed by atoms with Crippen molar-refractivity contribution in [3.63, 3.8) is 0 Å². The van der Waals surface area contributed by atoms with Crippen LogP contribution in [0, 0.1) is 0 Å². The first-order chi connectivity index (χ1) is 10.5. The van der Waals surface area contributed by atoms with E-state index in [1.54, 1.807) is 12.1 Å². The van der Waals surface area contributed by atoms with Gasteiger partial charge in [0.2, 0.25) is 0 Å². The highest BCUT2D eigenvalue weighted by Crippen LogP contribution is 2.36. The van der Waals surface area contributed by atoms with Crippen LogP contribution in [0.15, 0.2) is 57.9 Å². The van der Waals surface area contributed by atoms with Crippen LogP contribution in [0.1, 0.15) is 17.4 Å². The Kier molecular flexibility index (Phi) is 3.65. The predicted molar refractivity (Wildman–Crippen MR) is 87.0 cm³/mol. The average Bonchev–Trinajstić information content (AvgIpc) is 2.91. The first-order valence-corrected chi connectivity index (χ1v) is 6.98. The van der Waals surface area contributed by atoms with Gasteiger partial charge in [-0.05, 0) is 30.3 Å². The van der Waals surface area contributed by atoms with Gasteiger partial charge in [0.1, 0.15) is 23.1 Å². The van der Waals surface area contributed by atoms with E-state index in [9.17, 15) is 5.11 Å². The van der Waals surface area contributed by atoms with Crippen LogP contribution < -0.4 is 11.5 Å². The van der Waals surface area contributed by atoms with E-state index in [1.165, 1.54) is 6.07 Å². The summed E-state index contributed by atoms with van der Waals surface area (Å²) >= 11 is 6.01. The highest BCUT2D eigenvalue weighted by molar-refractivity contribution is 6.30. The molecule has 6 heteroatoms. The van der Waals surface area contributed by atoms with Gasteiger partial charge in [-0.2, -0.15) is 0 Å². The number of nitrogens with zero attached hydrogens (tertiary/aromatic N) is 1. The standard InChI is InChI=1S/C16H14ClN3O2/c17-10-5-6-12(21)11(8-10)15(20-16(18)19)14-7-9-3-1-2-4-13(9)22-14/h1-8,15,21H,(H4,18,19,20). The molecule has 0 radical (unpaired) electrons. The maximum absolute atomic E-state index is 10.1. The molecule has 0 amide bonds. The number of phenols is 1. The SMILES string of the molecule is NC(N)=NC(c1cc2ccccc2o1)c1cc(Cl)ccc1O.